The number of hydrogen-bond acceptors (Lipinski definition) is 5. The first-order chi connectivity index (χ1) is 13.0. The Morgan fingerprint density at radius 3 is 2.93 bits per heavy atom. The van der Waals surface area contributed by atoms with E-state index in [4.69, 9.17) is 23.2 Å². The molecule has 0 atom stereocenters. The Labute approximate surface area is 170 Å². The molecular formula is C18H18Cl2N4O2S. The van der Waals surface area contributed by atoms with Crippen molar-refractivity contribution in [3.8, 4) is 0 Å². The second kappa shape index (κ2) is 8.84. The maximum Gasteiger partial charge on any atom is 0.268 e. The summed E-state index contributed by atoms with van der Waals surface area (Å²) in [5.41, 5.74) is 0.985. The van der Waals surface area contributed by atoms with Crippen LogP contribution in [0.5, 0.6) is 0 Å². The lowest BCUT2D eigenvalue weighted by Gasteiger charge is -2.20. The number of rotatable bonds is 7. The summed E-state index contributed by atoms with van der Waals surface area (Å²) in [4.78, 5) is 33.8. The fourth-order valence-electron chi connectivity index (χ4n) is 2.73. The molecule has 6 nitrogen and oxygen atoms in total. The van der Waals surface area contributed by atoms with Crippen molar-refractivity contribution in [2.75, 3.05) is 18.4 Å². The third kappa shape index (κ3) is 4.87. The van der Waals surface area contributed by atoms with E-state index in [0.29, 0.717) is 44.9 Å². The van der Waals surface area contributed by atoms with E-state index in [9.17, 15) is 9.59 Å². The number of nitrogens with zero attached hydrogens (tertiary/aromatic N) is 2. The Hall–Kier alpha value is -1.93. The first-order valence-corrected chi connectivity index (χ1v) is 10.0. The molecule has 27 heavy (non-hydrogen) atoms. The van der Waals surface area contributed by atoms with E-state index in [2.05, 4.69) is 15.3 Å². The van der Waals surface area contributed by atoms with Crippen molar-refractivity contribution < 1.29 is 4.79 Å². The smallest absolute Gasteiger partial charge is 0.268 e. The fraction of sp³-hybridized carbons (Fsp3) is 0.278. The number of amides is 1. The average Bonchev–Trinajstić information content (AvgIpc) is 3.08. The minimum Gasteiger partial charge on any atom is -0.324 e. The van der Waals surface area contributed by atoms with Crippen molar-refractivity contribution in [1.82, 2.24) is 14.9 Å². The highest BCUT2D eigenvalue weighted by atomic mass is 35.5. The minimum absolute atomic E-state index is 0.141. The van der Waals surface area contributed by atoms with Gasteiger partial charge in [-0.05, 0) is 36.5 Å². The zero-order chi connectivity index (χ0) is 19.4. The van der Waals surface area contributed by atoms with Crippen LogP contribution in [-0.2, 0) is 11.3 Å². The van der Waals surface area contributed by atoms with Crippen LogP contribution in [0.4, 0.5) is 5.69 Å². The predicted molar refractivity (Wildman–Crippen MR) is 111 cm³/mol. The quantitative estimate of drug-likeness (QED) is 0.597. The third-order valence-electron chi connectivity index (χ3n) is 3.87. The van der Waals surface area contributed by atoms with Gasteiger partial charge < -0.3 is 10.3 Å². The van der Waals surface area contributed by atoms with Crippen LogP contribution in [0, 0.1) is 0 Å². The number of anilines is 1. The standard InChI is InChI=1S/C18H18Cl2N4O2S/c1-2-7-24(9-14-21-13-6-8-27-17(13)18(26)23-14)10-15(25)22-12-5-3-4-11(19)16(12)20/h3-6,8H,2,7,9-10H2,1H3,(H,22,25)(H,21,23,26). The summed E-state index contributed by atoms with van der Waals surface area (Å²) in [6.07, 6.45) is 0.857. The highest BCUT2D eigenvalue weighted by molar-refractivity contribution is 7.17. The molecule has 142 valence electrons. The molecular weight excluding hydrogens is 407 g/mol. The van der Waals surface area contributed by atoms with Crippen LogP contribution in [0.25, 0.3) is 10.2 Å². The summed E-state index contributed by atoms with van der Waals surface area (Å²) < 4.78 is 0.606. The molecule has 1 aromatic carbocycles. The van der Waals surface area contributed by atoms with Gasteiger partial charge in [-0.2, -0.15) is 0 Å². The van der Waals surface area contributed by atoms with Crippen molar-refractivity contribution in [2.24, 2.45) is 0 Å². The molecule has 2 aromatic heterocycles. The van der Waals surface area contributed by atoms with Crippen LogP contribution < -0.4 is 10.9 Å². The Bertz CT molecular complexity index is 1020. The molecule has 1 amide bonds. The van der Waals surface area contributed by atoms with Crippen molar-refractivity contribution >= 4 is 56.3 Å². The zero-order valence-corrected chi connectivity index (χ0v) is 16.9. The van der Waals surface area contributed by atoms with Gasteiger partial charge in [0.15, 0.2) is 0 Å². The van der Waals surface area contributed by atoms with Gasteiger partial charge in [0.05, 0.1) is 34.3 Å². The molecule has 2 heterocycles. The first kappa shape index (κ1) is 19.8. The maximum absolute atomic E-state index is 12.4. The highest BCUT2D eigenvalue weighted by Gasteiger charge is 2.15. The lowest BCUT2D eigenvalue weighted by molar-refractivity contribution is -0.117. The molecule has 0 unspecified atom stereocenters. The van der Waals surface area contributed by atoms with Gasteiger partial charge in [-0.25, -0.2) is 4.98 Å². The Morgan fingerprint density at radius 1 is 1.33 bits per heavy atom. The number of H-pyrrole nitrogens is 1. The van der Waals surface area contributed by atoms with Crippen LogP contribution in [0.15, 0.2) is 34.4 Å². The molecule has 3 aromatic rings. The fourth-order valence-corrected chi connectivity index (χ4v) is 3.81. The minimum atomic E-state index is -0.216. The number of carbonyl (C=O) groups excluding carboxylic acids is 1. The third-order valence-corrected chi connectivity index (χ3v) is 5.59. The molecule has 0 fully saturated rings. The van der Waals surface area contributed by atoms with Crippen molar-refractivity contribution in [1.29, 1.82) is 0 Å². The topological polar surface area (TPSA) is 78.1 Å². The van der Waals surface area contributed by atoms with E-state index < -0.39 is 0 Å². The number of carbonyl (C=O) groups is 1. The van der Waals surface area contributed by atoms with Crippen molar-refractivity contribution in [2.45, 2.75) is 19.9 Å². The molecule has 3 rings (SSSR count). The van der Waals surface area contributed by atoms with Crippen LogP contribution in [0.3, 0.4) is 0 Å². The van der Waals surface area contributed by atoms with Crippen LogP contribution in [0.2, 0.25) is 10.0 Å². The first-order valence-electron chi connectivity index (χ1n) is 8.40. The number of thiophene rings is 1. The number of fused-ring (bicyclic) bond motifs is 1. The van der Waals surface area contributed by atoms with E-state index in [1.54, 1.807) is 18.2 Å². The molecule has 0 saturated heterocycles. The molecule has 9 heteroatoms. The molecule has 0 bridgehead atoms. The number of aromatic nitrogens is 2. The van der Waals surface area contributed by atoms with Gasteiger partial charge in [0, 0.05) is 0 Å². The van der Waals surface area contributed by atoms with Crippen LogP contribution in [-0.4, -0.2) is 33.9 Å². The van der Waals surface area contributed by atoms with E-state index in [1.165, 1.54) is 11.3 Å². The van der Waals surface area contributed by atoms with E-state index in [0.717, 1.165) is 6.42 Å². The highest BCUT2D eigenvalue weighted by Crippen LogP contribution is 2.29. The van der Waals surface area contributed by atoms with Gasteiger partial charge in [0.25, 0.3) is 5.56 Å². The average molecular weight is 425 g/mol. The Morgan fingerprint density at radius 2 is 2.15 bits per heavy atom. The van der Waals surface area contributed by atoms with Gasteiger partial charge in [0.1, 0.15) is 10.5 Å². The lowest BCUT2D eigenvalue weighted by atomic mass is 10.3. The predicted octanol–water partition coefficient (Wildman–Crippen LogP) is 4.14. The van der Waals surface area contributed by atoms with Crippen molar-refractivity contribution in [3.05, 3.63) is 55.9 Å². The lowest BCUT2D eigenvalue weighted by Crippen LogP contribution is -2.34. The van der Waals surface area contributed by atoms with Crippen molar-refractivity contribution in [3.63, 3.8) is 0 Å². The summed E-state index contributed by atoms with van der Waals surface area (Å²) >= 11 is 13.5. The molecule has 0 saturated carbocycles. The molecule has 0 aliphatic carbocycles. The van der Waals surface area contributed by atoms with Gasteiger partial charge in [-0.15, -0.1) is 11.3 Å². The zero-order valence-electron chi connectivity index (χ0n) is 14.6. The number of hydrogen-bond donors (Lipinski definition) is 2. The molecule has 2 N–H and O–H groups in total. The Kier molecular flexibility index (Phi) is 6.49. The van der Waals surface area contributed by atoms with E-state index in [1.807, 2.05) is 23.3 Å². The molecule has 0 spiro atoms. The van der Waals surface area contributed by atoms with E-state index >= 15 is 0 Å². The monoisotopic (exact) mass is 424 g/mol. The number of benzene rings is 1. The number of aromatic amines is 1. The number of halogens is 2. The van der Waals surface area contributed by atoms with Crippen LogP contribution >= 0.6 is 34.5 Å². The second-order valence-corrected chi connectivity index (χ2v) is 7.71. The van der Waals surface area contributed by atoms with Gasteiger partial charge in [0.2, 0.25) is 5.91 Å². The van der Waals surface area contributed by atoms with E-state index in [-0.39, 0.29) is 18.0 Å². The number of nitrogens with one attached hydrogen (secondary N) is 2. The summed E-state index contributed by atoms with van der Waals surface area (Å²) in [5.74, 6) is 0.319. The largest absolute Gasteiger partial charge is 0.324 e. The molecule has 0 aliphatic heterocycles. The second-order valence-electron chi connectivity index (χ2n) is 6.01. The normalized spacial score (nSPS) is 11.3. The molecule has 0 radical (unpaired) electrons. The van der Waals surface area contributed by atoms with Gasteiger partial charge >= 0.3 is 0 Å². The summed E-state index contributed by atoms with van der Waals surface area (Å²) in [6.45, 7) is 3.21. The van der Waals surface area contributed by atoms with Crippen LogP contribution in [0.1, 0.15) is 19.2 Å². The van der Waals surface area contributed by atoms with Gasteiger partial charge in [-0.1, -0.05) is 36.2 Å². The van der Waals surface area contributed by atoms with Gasteiger partial charge in [-0.3, -0.25) is 14.5 Å². The molecule has 0 aliphatic rings. The summed E-state index contributed by atoms with van der Waals surface area (Å²) in [5, 5.41) is 5.30. The summed E-state index contributed by atoms with van der Waals surface area (Å²) in [7, 11) is 0. The Balaban J connectivity index is 1.71. The maximum atomic E-state index is 12.4. The SMILES string of the molecule is CCCN(CC(=O)Nc1cccc(Cl)c1Cl)Cc1nc2ccsc2c(=O)[nH]1. The summed E-state index contributed by atoms with van der Waals surface area (Å²) in [6, 6.07) is 6.89.